The highest BCUT2D eigenvalue weighted by atomic mass is 35.5. The molecule has 0 spiro atoms. The highest BCUT2D eigenvalue weighted by molar-refractivity contribution is 6.35. The van der Waals surface area contributed by atoms with E-state index in [2.05, 4.69) is 18.3 Å². The van der Waals surface area contributed by atoms with Gasteiger partial charge >= 0.3 is 0 Å². The Morgan fingerprint density at radius 3 is 2.52 bits per heavy atom. The monoisotopic (exact) mass is 381 g/mol. The zero-order chi connectivity index (χ0) is 18.1. The average molecular weight is 382 g/mol. The first-order valence-electron chi connectivity index (χ1n) is 8.67. The molecule has 136 valence electrons. The average Bonchev–Trinajstić information content (AvgIpc) is 2.60. The molecule has 0 atom stereocenters. The highest BCUT2D eigenvalue weighted by Gasteiger charge is 2.07. The first-order valence-corrected chi connectivity index (χ1v) is 9.42. The molecule has 0 saturated heterocycles. The van der Waals surface area contributed by atoms with Gasteiger partial charge < -0.3 is 14.8 Å². The zero-order valence-electron chi connectivity index (χ0n) is 14.8. The minimum Gasteiger partial charge on any atom is -0.490 e. The molecule has 3 nitrogen and oxygen atoms in total. The molecule has 0 bridgehead atoms. The van der Waals surface area contributed by atoms with Gasteiger partial charge in [-0.15, -0.1) is 0 Å². The number of halogens is 2. The maximum atomic E-state index is 6.20. The largest absolute Gasteiger partial charge is 0.490 e. The summed E-state index contributed by atoms with van der Waals surface area (Å²) >= 11 is 12.1. The summed E-state index contributed by atoms with van der Waals surface area (Å²) in [5.74, 6) is 1.61. The van der Waals surface area contributed by atoms with E-state index in [1.807, 2.05) is 31.2 Å². The van der Waals surface area contributed by atoms with Crippen molar-refractivity contribution in [2.75, 3.05) is 19.8 Å². The second-order valence-corrected chi connectivity index (χ2v) is 6.57. The third-order valence-electron chi connectivity index (χ3n) is 3.69. The summed E-state index contributed by atoms with van der Waals surface area (Å²) in [6.45, 7) is 6.97. The zero-order valence-corrected chi connectivity index (χ0v) is 16.3. The number of benzene rings is 2. The van der Waals surface area contributed by atoms with E-state index in [0.717, 1.165) is 48.6 Å². The van der Waals surface area contributed by atoms with E-state index in [1.165, 1.54) is 0 Å². The summed E-state index contributed by atoms with van der Waals surface area (Å²) in [5.41, 5.74) is 2.26. The van der Waals surface area contributed by atoms with Gasteiger partial charge in [0.15, 0.2) is 11.5 Å². The lowest BCUT2D eigenvalue weighted by molar-refractivity contribution is 0.276. The Labute approximate surface area is 160 Å². The molecule has 2 aromatic carbocycles. The molecule has 0 aliphatic heterocycles. The van der Waals surface area contributed by atoms with Gasteiger partial charge in [0, 0.05) is 16.6 Å². The Hall–Kier alpha value is -1.42. The molecule has 1 N–H and O–H groups in total. The Balaban J connectivity index is 1.88. The lowest BCUT2D eigenvalue weighted by Gasteiger charge is -2.13. The summed E-state index contributed by atoms with van der Waals surface area (Å²) in [5, 5.41) is 4.81. The fourth-order valence-corrected chi connectivity index (χ4v) is 2.95. The molecule has 0 heterocycles. The van der Waals surface area contributed by atoms with E-state index in [1.54, 1.807) is 6.07 Å². The van der Waals surface area contributed by atoms with Crippen LogP contribution in [0.3, 0.4) is 0 Å². The molecular weight excluding hydrogens is 357 g/mol. The maximum Gasteiger partial charge on any atom is 0.161 e. The molecule has 0 aromatic heterocycles. The van der Waals surface area contributed by atoms with E-state index >= 15 is 0 Å². The predicted octanol–water partition coefficient (Wildman–Crippen LogP) is 5.51. The summed E-state index contributed by atoms with van der Waals surface area (Å²) in [6, 6.07) is 11.7. The maximum absolute atomic E-state index is 6.20. The first-order chi connectivity index (χ1) is 12.1. The number of hydrogen-bond donors (Lipinski definition) is 1. The van der Waals surface area contributed by atoms with E-state index in [9.17, 15) is 0 Å². The summed E-state index contributed by atoms with van der Waals surface area (Å²) < 4.78 is 11.4. The molecule has 5 heteroatoms. The minimum atomic E-state index is 0.619. The van der Waals surface area contributed by atoms with Crippen LogP contribution in [0.25, 0.3) is 0 Å². The van der Waals surface area contributed by atoms with Gasteiger partial charge in [-0.3, -0.25) is 0 Å². The van der Waals surface area contributed by atoms with Crippen molar-refractivity contribution in [2.45, 2.75) is 33.2 Å². The molecule has 0 unspecified atom stereocenters. The van der Waals surface area contributed by atoms with Gasteiger partial charge in [-0.25, -0.2) is 0 Å². The molecule has 0 radical (unpaired) electrons. The summed E-state index contributed by atoms with van der Waals surface area (Å²) in [4.78, 5) is 0. The molecule has 2 rings (SSSR count). The standard InChI is InChI=1S/C20H25Cl2NO2/c1-3-11-25-19-8-5-15(12-20(19)24-4-2)14-23-10-9-16-6-7-17(21)13-18(16)22/h5-8,12-13,23H,3-4,9-11,14H2,1-2H3. The fraction of sp³-hybridized carbons (Fsp3) is 0.400. The number of hydrogen-bond acceptors (Lipinski definition) is 3. The van der Waals surface area contributed by atoms with Crippen LogP contribution in [-0.2, 0) is 13.0 Å². The Morgan fingerprint density at radius 1 is 0.960 bits per heavy atom. The smallest absolute Gasteiger partial charge is 0.161 e. The van der Waals surface area contributed by atoms with Crippen molar-refractivity contribution < 1.29 is 9.47 Å². The third-order valence-corrected chi connectivity index (χ3v) is 4.27. The van der Waals surface area contributed by atoms with Gasteiger partial charge in [0.05, 0.1) is 13.2 Å². The molecule has 2 aromatic rings. The van der Waals surface area contributed by atoms with Crippen molar-refractivity contribution in [3.63, 3.8) is 0 Å². The highest BCUT2D eigenvalue weighted by Crippen LogP contribution is 2.28. The number of nitrogens with one attached hydrogen (secondary N) is 1. The molecule has 0 aliphatic carbocycles. The Kier molecular flexibility index (Phi) is 8.39. The van der Waals surface area contributed by atoms with Crippen LogP contribution in [0.15, 0.2) is 36.4 Å². The van der Waals surface area contributed by atoms with Crippen LogP contribution in [0, 0.1) is 0 Å². The van der Waals surface area contributed by atoms with Crippen LogP contribution in [0.5, 0.6) is 11.5 Å². The predicted molar refractivity (Wildman–Crippen MR) is 105 cm³/mol. The molecule has 0 saturated carbocycles. The van der Waals surface area contributed by atoms with Gasteiger partial charge in [0.2, 0.25) is 0 Å². The van der Waals surface area contributed by atoms with Crippen LogP contribution in [-0.4, -0.2) is 19.8 Å². The lowest BCUT2D eigenvalue weighted by Crippen LogP contribution is -2.17. The van der Waals surface area contributed by atoms with E-state index in [0.29, 0.717) is 23.3 Å². The van der Waals surface area contributed by atoms with Gasteiger partial charge in [-0.1, -0.05) is 42.3 Å². The van der Waals surface area contributed by atoms with Crippen LogP contribution >= 0.6 is 23.2 Å². The fourth-order valence-electron chi connectivity index (χ4n) is 2.44. The topological polar surface area (TPSA) is 30.5 Å². The normalized spacial score (nSPS) is 10.7. The van der Waals surface area contributed by atoms with Crippen molar-refractivity contribution in [3.05, 3.63) is 57.6 Å². The van der Waals surface area contributed by atoms with Gasteiger partial charge in [-0.05, 0) is 61.7 Å². The second kappa shape index (κ2) is 10.5. The lowest BCUT2D eigenvalue weighted by atomic mass is 10.1. The van der Waals surface area contributed by atoms with Crippen molar-refractivity contribution >= 4 is 23.2 Å². The first kappa shape index (κ1) is 19.9. The van der Waals surface area contributed by atoms with E-state index in [4.69, 9.17) is 32.7 Å². The van der Waals surface area contributed by atoms with Crippen molar-refractivity contribution in [1.29, 1.82) is 0 Å². The van der Waals surface area contributed by atoms with Crippen LogP contribution < -0.4 is 14.8 Å². The number of ether oxygens (including phenoxy) is 2. The van der Waals surface area contributed by atoms with Gasteiger partial charge in [0.1, 0.15) is 0 Å². The number of rotatable bonds is 10. The molecule has 0 fully saturated rings. The second-order valence-electron chi connectivity index (χ2n) is 5.73. The summed E-state index contributed by atoms with van der Waals surface area (Å²) in [6.07, 6.45) is 1.83. The SMILES string of the molecule is CCCOc1ccc(CNCCc2ccc(Cl)cc2Cl)cc1OCC. The third kappa shape index (κ3) is 6.43. The Bertz CT molecular complexity index is 677. The van der Waals surface area contributed by atoms with Gasteiger partial charge in [0.25, 0.3) is 0 Å². The summed E-state index contributed by atoms with van der Waals surface area (Å²) in [7, 11) is 0. The van der Waals surface area contributed by atoms with Crippen LogP contribution in [0.2, 0.25) is 10.0 Å². The minimum absolute atomic E-state index is 0.619. The van der Waals surface area contributed by atoms with Crippen molar-refractivity contribution in [3.8, 4) is 11.5 Å². The Morgan fingerprint density at radius 2 is 1.80 bits per heavy atom. The van der Waals surface area contributed by atoms with Crippen molar-refractivity contribution in [1.82, 2.24) is 5.32 Å². The molecule has 0 aliphatic rings. The molecule has 25 heavy (non-hydrogen) atoms. The van der Waals surface area contributed by atoms with E-state index in [-0.39, 0.29) is 0 Å². The molecular formula is C20H25Cl2NO2. The van der Waals surface area contributed by atoms with Crippen molar-refractivity contribution in [2.24, 2.45) is 0 Å². The van der Waals surface area contributed by atoms with Gasteiger partial charge in [-0.2, -0.15) is 0 Å². The van der Waals surface area contributed by atoms with Crippen LogP contribution in [0.4, 0.5) is 0 Å². The van der Waals surface area contributed by atoms with E-state index < -0.39 is 0 Å². The van der Waals surface area contributed by atoms with Crippen LogP contribution in [0.1, 0.15) is 31.4 Å². The molecule has 0 amide bonds. The quantitative estimate of drug-likeness (QED) is 0.550.